The molecule has 0 aliphatic carbocycles. The van der Waals surface area contributed by atoms with Crippen molar-refractivity contribution in [3.05, 3.63) is 24.3 Å². The second-order valence-electron chi connectivity index (χ2n) is 5.18. The lowest BCUT2D eigenvalue weighted by Crippen LogP contribution is -2.27. The summed E-state index contributed by atoms with van der Waals surface area (Å²) < 4.78 is 0. The average Bonchev–Trinajstić information content (AvgIpc) is 2.99. The van der Waals surface area contributed by atoms with E-state index in [4.69, 9.17) is 0 Å². The Morgan fingerprint density at radius 2 is 1.72 bits per heavy atom. The van der Waals surface area contributed by atoms with Crippen molar-refractivity contribution in [3.63, 3.8) is 0 Å². The first-order valence-corrected chi connectivity index (χ1v) is 6.45. The number of aromatic nitrogens is 3. The lowest BCUT2D eigenvalue weighted by atomic mass is 10.0. The number of fused-ring (bicyclic) bond motifs is 2. The third-order valence-electron chi connectivity index (χ3n) is 4.02. The van der Waals surface area contributed by atoms with Crippen molar-refractivity contribution in [1.82, 2.24) is 20.5 Å². The van der Waals surface area contributed by atoms with Crippen LogP contribution in [0.25, 0.3) is 11.0 Å². The highest BCUT2D eigenvalue weighted by molar-refractivity contribution is 5.74. The zero-order valence-corrected chi connectivity index (χ0v) is 10.1. The molecule has 0 saturated carbocycles. The van der Waals surface area contributed by atoms with Gasteiger partial charge in [-0.25, -0.2) is 4.98 Å². The highest BCUT2D eigenvalue weighted by Gasteiger charge is 2.37. The molecule has 3 heterocycles. The summed E-state index contributed by atoms with van der Waals surface area (Å²) in [6, 6.07) is 7.89. The zero-order chi connectivity index (χ0) is 11.9. The van der Waals surface area contributed by atoms with Crippen LogP contribution < -0.4 is 10.2 Å². The third kappa shape index (κ3) is 1.54. The van der Waals surface area contributed by atoms with Crippen LogP contribution in [0.4, 0.5) is 5.95 Å². The van der Waals surface area contributed by atoms with Gasteiger partial charge in [0.2, 0.25) is 5.95 Å². The highest BCUT2D eigenvalue weighted by atomic mass is 15.3. The van der Waals surface area contributed by atoms with Gasteiger partial charge in [-0.1, -0.05) is 12.1 Å². The molecular formula is C13H15N5. The molecule has 92 valence electrons. The lowest BCUT2D eigenvalue weighted by Gasteiger charge is -2.16. The molecule has 0 bridgehead atoms. The SMILES string of the molecule is c1ccc2nc(N3C[C@H]4CNC[C@H]4C3)nnc2c1. The molecule has 2 aliphatic rings. The number of hydrogen-bond donors (Lipinski definition) is 1. The van der Waals surface area contributed by atoms with E-state index in [-0.39, 0.29) is 0 Å². The Morgan fingerprint density at radius 3 is 2.50 bits per heavy atom. The molecule has 0 unspecified atom stereocenters. The normalized spacial score (nSPS) is 26.8. The summed E-state index contributed by atoms with van der Waals surface area (Å²) in [6.07, 6.45) is 0. The molecule has 2 aromatic rings. The van der Waals surface area contributed by atoms with Crippen LogP contribution in [0.3, 0.4) is 0 Å². The maximum atomic E-state index is 4.62. The van der Waals surface area contributed by atoms with E-state index in [0.717, 1.165) is 55.0 Å². The van der Waals surface area contributed by atoms with Crippen molar-refractivity contribution in [2.75, 3.05) is 31.1 Å². The molecule has 0 amide bonds. The minimum atomic E-state index is 0.750. The molecular weight excluding hydrogens is 226 g/mol. The maximum Gasteiger partial charge on any atom is 0.245 e. The summed E-state index contributed by atoms with van der Waals surface area (Å²) in [7, 11) is 0. The van der Waals surface area contributed by atoms with Gasteiger partial charge in [0.15, 0.2) is 0 Å². The summed E-state index contributed by atoms with van der Waals surface area (Å²) in [5, 5.41) is 12.0. The molecule has 4 rings (SSSR count). The van der Waals surface area contributed by atoms with Crippen LogP contribution >= 0.6 is 0 Å². The molecule has 18 heavy (non-hydrogen) atoms. The molecule has 5 nitrogen and oxygen atoms in total. The summed E-state index contributed by atoms with van der Waals surface area (Å²) in [5.41, 5.74) is 1.79. The number of hydrogen-bond acceptors (Lipinski definition) is 5. The standard InChI is InChI=1S/C13H15N5/c1-2-4-12-11(3-1)15-13(17-16-12)18-7-9-5-14-6-10(9)8-18/h1-4,9-10,14H,5-8H2/t9-,10+. The number of para-hydroxylation sites is 1. The molecule has 0 spiro atoms. The quantitative estimate of drug-likeness (QED) is 0.795. The van der Waals surface area contributed by atoms with E-state index < -0.39 is 0 Å². The first kappa shape index (κ1) is 10.2. The maximum absolute atomic E-state index is 4.62. The number of nitrogens with zero attached hydrogens (tertiary/aromatic N) is 4. The zero-order valence-electron chi connectivity index (χ0n) is 10.1. The first-order chi connectivity index (χ1) is 8.90. The van der Waals surface area contributed by atoms with E-state index in [1.807, 2.05) is 24.3 Å². The number of rotatable bonds is 1. The van der Waals surface area contributed by atoms with E-state index in [1.54, 1.807) is 0 Å². The third-order valence-corrected chi connectivity index (χ3v) is 4.02. The van der Waals surface area contributed by atoms with Crippen LogP contribution in [-0.2, 0) is 0 Å². The molecule has 1 aromatic heterocycles. The lowest BCUT2D eigenvalue weighted by molar-refractivity contribution is 0.533. The van der Waals surface area contributed by atoms with Crippen LogP contribution in [0.5, 0.6) is 0 Å². The first-order valence-electron chi connectivity index (χ1n) is 6.45. The summed E-state index contributed by atoms with van der Waals surface area (Å²) in [4.78, 5) is 6.89. The van der Waals surface area contributed by atoms with Gasteiger partial charge in [0, 0.05) is 26.2 Å². The van der Waals surface area contributed by atoms with E-state index in [0.29, 0.717) is 0 Å². The molecule has 5 heteroatoms. The van der Waals surface area contributed by atoms with Gasteiger partial charge in [-0.2, -0.15) is 0 Å². The molecule has 1 N–H and O–H groups in total. The van der Waals surface area contributed by atoms with E-state index in [1.165, 1.54) is 0 Å². The van der Waals surface area contributed by atoms with Crippen LogP contribution in [0.15, 0.2) is 24.3 Å². The number of benzene rings is 1. The summed E-state index contributed by atoms with van der Waals surface area (Å²) in [5.74, 6) is 2.28. The number of anilines is 1. The van der Waals surface area contributed by atoms with Crippen molar-refractivity contribution in [2.45, 2.75) is 0 Å². The Labute approximate surface area is 105 Å². The Morgan fingerprint density at radius 1 is 1.00 bits per heavy atom. The second-order valence-corrected chi connectivity index (χ2v) is 5.18. The van der Waals surface area contributed by atoms with Gasteiger partial charge in [0.1, 0.15) is 5.52 Å². The Balaban J connectivity index is 1.67. The molecule has 2 atom stereocenters. The van der Waals surface area contributed by atoms with E-state index in [2.05, 4.69) is 25.4 Å². The minimum absolute atomic E-state index is 0.750. The molecule has 2 saturated heterocycles. The molecule has 1 aromatic carbocycles. The van der Waals surface area contributed by atoms with Gasteiger partial charge < -0.3 is 10.2 Å². The van der Waals surface area contributed by atoms with Crippen molar-refractivity contribution >= 4 is 17.0 Å². The second kappa shape index (κ2) is 3.88. The number of nitrogens with one attached hydrogen (secondary N) is 1. The molecule has 2 fully saturated rings. The summed E-state index contributed by atoms with van der Waals surface area (Å²) >= 11 is 0. The van der Waals surface area contributed by atoms with E-state index >= 15 is 0 Å². The predicted octanol–water partition coefficient (Wildman–Crippen LogP) is 0.680. The predicted molar refractivity (Wildman–Crippen MR) is 69.4 cm³/mol. The van der Waals surface area contributed by atoms with Crippen molar-refractivity contribution in [3.8, 4) is 0 Å². The fourth-order valence-corrected chi connectivity index (χ4v) is 3.02. The van der Waals surface area contributed by atoms with Gasteiger partial charge in [-0.15, -0.1) is 10.2 Å². The van der Waals surface area contributed by atoms with Crippen LogP contribution in [0.2, 0.25) is 0 Å². The van der Waals surface area contributed by atoms with E-state index in [9.17, 15) is 0 Å². The van der Waals surface area contributed by atoms with Gasteiger partial charge in [-0.05, 0) is 24.0 Å². The average molecular weight is 241 g/mol. The molecule has 2 aliphatic heterocycles. The summed E-state index contributed by atoms with van der Waals surface area (Å²) in [6.45, 7) is 4.36. The van der Waals surface area contributed by atoms with Crippen LogP contribution in [0.1, 0.15) is 0 Å². The Bertz CT molecular complexity index is 572. The topological polar surface area (TPSA) is 53.9 Å². The van der Waals surface area contributed by atoms with Crippen LogP contribution in [-0.4, -0.2) is 41.4 Å². The fraction of sp³-hybridized carbons (Fsp3) is 0.462. The van der Waals surface area contributed by atoms with Crippen molar-refractivity contribution in [1.29, 1.82) is 0 Å². The van der Waals surface area contributed by atoms with Gasteiger partial charge >= 0.3 is 0 Å². The Hall–Kier alpha value is -1.75. The van der Waals surface area contributed by atoms with Gasteiger partial charge in [-0.3, -0.25) is 0 Å². The molecule has 0 radical (unpaired) electrons. The fourth-order valence-electron chi connectivity index (χ4n) is 3.02. The van der Waals surface area contributed by atoms with Crippen LogP contribution in [0, 0.1) is 11.8 Å². The highest BCUT2D eigenvalue weighted by Crippen LogP contribution is 2.28. The largest absolute Gasteiger partial charge is 0.339 e. The minimum Gasteiger partial charge on any atom is -0.339 e. The monoisotopic (exact) mass is 241 g/mol. The van der Waals surface area contributed by atoms with Crippen molar-refractivity contribution in [2.24, 2.45) is 11.8 Å². The van der Waals surface area contributed by atoms with Gasteiger partial charge in [0.25, 0.3) is 0 Å². The Kier molecular flexibility index (Phi) is 2.20. The van der Waals surface area contributed by atoms with Gasteiger partial charge in [0.05, 0.1) is 5.52 Å². The smallest absolute Gasteiger partial charge is 0.245 e. The van der Waals surface area contributed by atoms with Crippen molar-refractivity contribution < 1.29 is 0 Å².